The molecule has 0 aliphatic heterocycles. The lowest BCUT2D eigenvalue weighted by molar-refractivity contribution is 1.18. The smallest absolute Gasteiger partial charge is 0.188 e. The molecule has 4 heteroatoms. The Labute approximate surface area is 282 Å². The lowest BCUT2D eigenvalue weighted by Gasteiger charge is -2.15. The van der Waals surface area contributed by atoms with Crippen LogP contribution in [0.2, 0.25) is 0 Å². The van der Waals surface area contributed by atoms with Crippen molar-refractivity contribution in [3.05, 3.63) is 169 Å². The summed E-state index contributed by atoms with van der Waals surface area (Å²) >= 11 is 0. The summed E-state index contributed by atoms with van der Waals surface area (Å²) in [6, 6.07) is 53.1. The topological polar surface area (TPSA) is 35.1 Å². The van der Waals surface area contributed by atoms with Crippen molar-refractivity contribution in [3.8, 4) is 28.1 Å². The van der Waals surface area contributed by atoms with E-state index in [1.807, 2.05) is 36.5 Å². The number of para-hydroxylation sites is 1. The lowest BCUT2D eigenvalue weighted by atomic mass is 9.92. The predicted molar refractivity (Wildman–Crippen MR) is 204 cm³/mol. The molecule has 0 saturated carbocycles. The molecule has 3 aromatic heterocycles. The van der Waals surface area contributed by atoms with Gasteiger partial charge >= 0.3 is 0 Å². The number of hydrogen-bond acceptors (Lipinski definition) is 2. The van der Waals surface area contributed by atoms with Gasteiger partial charge < -0.3 is 4.57 Å². The van der Waals surface area contributed by atoms with Crippen LogP contribution in [0.15, 0.2) is 158 Å². The predicted octanol–water partition coefficient (Wildman–Crippen LogP) is 12.1. The van der Waals surface area contributed by atoms with Crippen molar-refractivity contribution >= 4 is 70.8 Å². The summed E-state index contributed by atoms with van der Waals surface area (Å²) in [6.45, 7) is 7.69. The first-order valence-electron chi connectivity index (χ1n) is 16.4. The highest BCUT2D eigenvalue weighted by atomic mass is 15.0. The summed E-state index contributed by atoms with van der Waals surface area (Å²) in [4.78, 5) is 14.0. The van der Waals surface area contributed by atoms with E-state index in [2.05, 4.69) is 131 Å². The fourth-order valence-electron chi connectivity index (χ4n) is 7.56. The molecule has 0 aliphatic carbocycles. The Morgan fingerprint density at radius 2 is 1.20 bits per heavy atom. The summed E-state index contributed by atoms with van der Waals surface area (Å²) in [7, 11) is 0. The molecule has 3 heterocycles. The van der Waals surface area contributed by atoms with Crippen LogP contribution in [0.1, 0.15) is 0 Å². The van der Waals surface area contributed by atoms with Crippen LogP contribution >= 0.6 is 0 Å². The number of fused-ring (bicyclic) bond motifs is 10. The normalized spacial score (nSPS) is 11.7. The van der Waals surface area contributed by atoms with Gasteiger partial charge in [0.2, 0.25) is 0 Å². The van der Waals surface area contributed by atoms with E-state index in [1.165, 1.54) is 5.39 Å². The molecular formula is C45H26N4. The Kier molecular flexibility index (Phi) is 5.90. The Morgan fingerprint density at radius 1 is 0.510 bits per heavy atom. The molecule has 4 nitrogen and oxygen atoms in total. The van der Waals surface area contributed by atoms with E-state index in [9.17, 15) is 0 Å². The largest absolute Gasteiger partial charge is 0.309 e. The van der Waals surface area contributed by atoms with Gasteiger partial charge in [0.1, 0.15) is 0 Å². The first-order chi connectivity index (χ1) is 24.2. The fraction of sp³-hybridized carbons (Fsp3) is 0. The molecular weight excluding hydrogens is 597 g/mol. The summed E-state index contributed by atoms with van der Waals surface area (Å²) in [5.41, 5.74) is 10.1. The van der Waals surface area contributed by atoms with Crippen LogP contribution in [0.25, 0.3) is 98.1 Å². The van der Waals surface area contributed by atoms with E-state index in [0.717, 1.165) is 87.8 Å². The minimum atomic E-state index is 0.634. The Hall–Kier alpha value is -6.83. The Morgan fingerprint density at radius 3 is 2.04 bits per heavy atom. The van der Waals surface area contributed by atoms with Crippen molar-refractivity contribution in [3.63, 3.8) is 0 Å². The number of pyridine rings is 2. The second-order valence-corrected chi connectivity index (χ2v) is 12.5. The van der Waals surface area contributed by atoms with Crippen LogP contribution in [-0.2, 0) is 0 Å². The third kappa shape index (κ3) is 4.16. The lowest BCUT2D eigenvalue weighted by Crippen LogP contribution is -1.93. The first kappa shape index (κ1) is 27.3. The van der Waals surface area contributed by atoms with Crippen LogP contribution < -0.4 is 0 Å². The summed E-state index contributed by atoms with van der Waals surface area (Å²) in [5, 5.41) is 9.00. The second-order valence-electron chi connectivity index (χ2n) is 12.5. The van der Waals surface area contributed by atoms with Gasteiger partial charge in [0.05, 0.1) is 34.3 Å². The van der Waals surface area contributed by atoms with Gasteiger partial charge in [-0.05, 0) is 70.4 Å². The van der Waals surface area contributed by atoms with Gasteiger partial charge in [-0.2, -0.15) is 0 Å². The quantitative estimate of drug-likeness (QED) is 0.145. The molecule has 0 saturated heterocycles. The molecule has 0 bridgehead atoms. The molecule has 49 heavy (non-hydrogen) atoms. The number of nitrogens with zero attached hydrogens (tertiary/aromatic N) is 4. The fourth-order valence-corrected chi connectivity index (χ4v) is 7.56. The van der Waals surface area contributed by atoms with Crippen molar-refractivity contribution in [1.29, 1.82) is 0 Å². The zero-order valence-corrected chi connectivity index (χ0v) is 26.3. The SMILES string of the molecule is [C-]#[N+]c1ccc2c(c1)c1cc(-c3ccc4c(c3)nc(-c3ccccc3)c3ccc5ccc6cccnc6c5c34)ccc1n2-c1ccccc1. The van der Waals surface area contributed by atoms with Crippen molar-refractivity contribution in [1.82, 2.24) is 14.5 Å². The van der Waals surface area contributed by atoms with Crippen LogP contribution in [0.3, 0.4) is 0 Å². The van der Waals surface area contributed by atoms with E-state index in [1.54, 1.807) is 0 Å². The van der Waals surface area contributed by atoms with Gasteiger partial charge in [-0.25, -0.2) is 9.83 Å². The van der Waals surface area contributed by atoms with Gasteiger partial charge in [-0.1, -0.05) is 103 Å². The van der Waals surface area contributed by atoms with E-state index < -0.39 is 0 Å². The number of hydrogen-bond donors (Lipinski definition) is 0. The van der Waals surface area contributed by atoms with Gasteiger partial charge in [-0.3, -0.25) is 4.98 Å². The third-order valence-corrected chi connectivity index (χ3v) is 9.78. The first-order valence-corrected chi connectivity index (χ1v) is 16.4. The Balaban J connectivity index is 1.26. The van der Waals surface area contributed by atoms with Crippen molar-refractivity contribution in [2.24, 2.45) is 0 Å². The maximum absolute atomic E-state index is 7.69. The highest BCUT2D eigenvalue weighted by Gasteiger charge is 2.18. The van der Waals surface area contributed by atoms with Crippen molar-refractivity contribution in [2.45, 2.75) is 0 Å². The average Bonchev–Trinajstić information content (AvgIpc) is 3.50. The van der Waals surface area contributed by atoms with E-state index in [-0.39, 0.29) is 0 Å². The molecule has 0 amide bonds. The van der Waals surface area contributed by atoms with Crippen LogP contribution in [0.5, 0.6) is 0 Å². The maximum atomic E-state index is 7.69. The highest BCUT2D eigenvalue weighted by molar-refractivity contribution is 6.28. The van der Waals surface area contributed by atoms with Crippen LogP contribution in [0, 0.1) is 6.57 Å². The van der Waals surface area contributed by atoms with Crippen molar-refractivity contribution in [2.75, 3.05) is 0 Å². The summed E-state index contributed by atoms with van der Waals surface area (Å²) in [6.07, 6.45) is 1.88. The molecule has 0 unspecified atom stereocenters. The minimum Gasteiger partial charge on any atom is -0.309 e. The van der Waals surface area contributed by atoms with Crippen LogP contribution in [-0.4, -0.2) is 14.5 Å². The second kappa shape index (κ2) is 10.6. The van der Waals surface area contributed by atoms with Gasteiger partial charge in [-0.15, -0.1) is 0 Å². The molecule has 0 N–H and O–H groups in total. The zero-order valence-electron chi connectivity index (χ0n) is 26.3. The Bertz CT molecular complexity index is 2990. The number of benzene rings is 7. The van der Waals surface area contributed by atoms with E-state index >= 15 is 0 Å². The number of aromatic nitrogens is 3. The average molecular weight is 623 g/mol. The minimum absolute atomic E-state index is 0.634. The van der Waals surface area contributed by atoms with Gasteiger partial charge in [0.25, 0.3) is 0 Å². The molecule has 7 aromatic carbocycles. The molecule has 0 aliphatic rings. The molecule has 10 aromatic rings. The molecule has 0 fully saturated rings. The van der Waals surface area contributed by atoms with Gasteiger partial charge in [0.15, 0.2) is 5.69 Å². The standard InChI is InChI=1S/C45H26N4/c1-46-33-19-23-41-38(27-33)37-25-31(18-22-40(37)49(41)34-12-6-3-7-13-34)32-17-20-35-39(26-32)48-44(29-9-4-2-5-10-29)36-21-16-28-14-15-30-11-8-24-47-45(30)42(28)43(35)36/h2-27H. The molecule has 226 valence electrons. The molecule has 10 rings (SSSR count). The summed E-state index contributed by atoms with van der Waals surface area (Å²) < 4.78 is 2.28. The molecule has 0 spiro atoms. The van der Waals surface area contributed by atoms with Crippen LogP contribution in [0.4, 0.5) is 5.69 Å². The van der Waals surface area contributed by atoms with Gasteiger partial charge in [0, 0.05) is 49.8 Å². The molecule has 0 atom stereocenters. The maximum Gasteiger partial charge on any atom is 0.188 e. The monoisotopic (exact) mass is 622 g/mol. The van der Waals surface area contributed by atoms with E-state index in [0.29, 0.717) is 5.69 Å². The third-order valence-electron chi connectivity index (χ3n) is 9.78. The molecule has 0 radical (unpaired) electrons. The summed E-state index contributed by atoms with van der Waals surface area (Å²) in [5.74, 6) is 0. The van der Waals surface area contributed by atoms with E-state index in [4.69, 9.17) is 16.5 Å². The highest BCUT2D eigenvalue weighted by Crippen LogP contribution is 2.41. The zero-order chi connectivity index (χ0) is 32.5. The van der Waals surface area contributed by atoms with Crippen molar-refractivity contribution < 1.29 is 0 Å². The number of rotatable bonds is 3.